The normalized spacial score (nSPS) is 12.1. The molecule has 0 amide bonds. The molecule has 4 heterocycles. The van der Waals surface area contributed by atoms with Crippen LogP contribution in [0.4, 0.5) is 0 Å². The van der Waals surface area contributed by atoms with Crippen LogP contribution in [0.15, 0.2) is 229 Å². The van der Waals surface area contributed by atoms with E-state index in [1.165, 1.54) is 37.7 Å². The number of aromatic nitrogens is 5. The van der Waals surface area contributed by atoms with Crippen molar-refractivity contribution in [1.82, 2.24) is 24.1 Å². The van der Waals surface area contributed by atoms with E-state index in [2.05, 4.69) is 215 Å². The predicted molar refractivity (Wildman–Crippen MR) is 285 cm³/mol. The second-order valence-corrected chi connectivity index (χ2v) is 18.0. The monoisotopic (exact) mass is 879 g/mol. The average Bonchev–Trinajstić information content (AvgIpc) is 4.07. The Morgan fingerprint density at radius 3 is 1.65 bits per heavy atom. The Hall–Kier alpha value is -9.39. The molecule has 0 spiro atoms. The van der Waals surface area contributed by atoms with Gasteiger partial charge in [0.1, 0.15) is 11.2 Å². The third-order valence-corrected chi connectivity index (χ3v) is 14.1. The average molecular weight is 880 g/mol. The van der Waals surface area contributed by atoms with Gasteiger partial charge in [0.25, 0.3) is 0 Å². The zero-order valence-electron chi connectivity index (χ0n) is 37.0. The van der Waals surface area contributed by atoms with Gasteiger partial charge in [0, 0.05) is 66.1 Å². The number of fused-ring (bicyclic) bond motifs is 14. The lowest BCUT2D eigenvalue weighted by molar-refractivity contribution is 0.669. The minimum absolute atomic E-state index is 0.590. The maximum Gasteiger partial charge on any atom is 0.164 e. The van der Waals surface area contributed by atoms with E-state index in [0.717, 1.165) is 88.2 Å². The summed E-state index contributed by atoms with van der Waals surface area (Å²) in [7, 11) is 0. The summed E-state index contributed by atoms with van der Waals surface area (Å²) in [5, 5.41) is 14.0. The van der Waals surface area contributed by atoms with Gasteiger partial charge < -0.3 is 13.6 Å². The van der Waals surface area contributed by atoms with Crippen LogP contribution in [0.1, 0.15) is 0 Å². The van der Waals surface area contributed by atoms with Crippen LogP contribution in [0.5, 0.6) is 0 Å². The Labute approximate surface area is 394 Å². The van der Waals surface area contributed by atoms with Crippen LogP contribution in [0.2, 0.25) is 0 Å². The van der Waals surface area contributed by atoms with E-state index < -0.39 is 0 Å². The minimum atomic E-state index is 0.590. The van der Waals surface area contributed by atoms with Gasteiger partial charge in [-0.1, -0.05) is 146 Å². The molecular formula is C63H37N5O. The van der Waals surface area contributed by atoms with Gasteiger partial charge in [-0.2, -0.15) is 0 Å². The summed E-state index contributed by atoms with van der Waals surface area (Å²) in [4.78, 5) is 15.6. The summed E-state index contributed by atoms with van der Waals surface area (Å²) < 4.78 is 11.7. The fourth-order valence-electron chi connectivity index (χ4n) is 11.0. The van der Waals surface area contributed by atoms with Crippen LogP contribution < -0.4 is 0 Å². The second kappa shape index (κ2) is 14.6. The topological polar surface area (TPSA) is 61.7 Å². The molecule has 0 fully saturated rings. The maximum absolute atomic E-state index is 6.88. The lowest BCUT2D eigenvalue weighted by Gasteiger charge is -2.13. The summed E-state index contributed by atoms with van der Waals surface area (Å²) in [5.74, 6) is 1.81. The minimum Gasteiger partial charge on any atom is -0.456 e. The summed E-state index contributed by atoms with van der Waals surface area (Å²) in [6.45, 7) is 0. The van der Waals surface area contributed by atoms with Crippen molar-refractivity contribution in [2.24, 2.45) is 0 Å². The Kier molecular flexibility index (Phi) is 7.97. The highest BCUT2D eigenvalue weighted by atomic mass is 16.3. The SMILES string of the molecule is c1ccc(-c2nc(-c3ccc4oc5cc(-n6c7cc8ccccc8cc7c7c8ccccc8ccc76)c6ccccc6c5c4c3)nc(-c3ccc4c(c3)c3ccccc3n4-c3ccccc3)n2)cc1. The molecular weight excluding hydrogens is 843 g/mol. The summed E-state index contributed by atoms with van der Waals surface area (Å²) >= 11 is 0. The molecule has 0 saturated heterocycles. The van der Waals surface area contributed by atoms with Crippen LogP contribution in [0.25, 0.3) is 143 Å². The molecule has 0 aliphatic heterocycles. The third kappa shape index (κ3) is 5.69. The summed E-state index contributed by atoms with van der Waals surface area (Å²) in [6.07, 6.45) is 0. The molecule has 0 bridgehead atoms. The molecule has 0 atom stereocenters. The van der Waals surface area contributed by atoms with E-state index in [-0.39, 0.29) is 0 Å². The van der Waals surface area contributed by atoms with Crippen LogP contribution in [-0.2, 0) is 0 Å². The van der Waals surface area contributed by atoms with Gasteiger partial charge in [0.2, 0.25) is 0 Å². The molecule has 0 aliphatic carbocycles. The molecule has 6 heteroatoms. The first kappa shape index (κ1) is 37.8. The van der Waals surface area contributed by atoms with Crippen molar-refractivity contribution in [3.05, 3.63) is 224 Å². The third-order valence-electron chi connectivity index (χ3n) is 14.1. The van der Waals surface area contributed by atoms with Crippen molar-refractivity contribution in [3.8, 4) is 45.5 Å². The Bertz CT molecular complexity index is 4600. The molecule has 0 N–H and O–H groups in total. The molecule has 0 radical (unpaired) electrons. The highest BCUT2D eigenvalue weighted by Gasteiger charge is 2.22. The Morgan fingerprint density at radius 2 is 0.870 bits per heavy atom. The van der Waals surface area contributed by atoms with Gasteiger partial charge in [-0.05, 0) is 99.7 Å². The fraction of sp³-hybridized carbons (Fsp3) is 0. The molecule has 6 nitrogen and oxygen atoms in total. The second-order valence-electron chi connectivity index (χ2n) is 18.0. The lowest BCUT2D eigenvalue weighted by Crippen LogP contribution is -2.00. The van der Waals surface area contributed by atoms with Crippen LogP contribution in [0.3, 0.4) is 0 Å². The number of para-hydroxylation sites is 2. The number of rotatable bonds is 5. The maximum atomic E-state index is 6.88. The van der Waals surface area contributed by atoms with E-state index in [1.54, 1.807) is 0 Å². The summed E-state index contributed by atoms with van der Waals surface area (Å²) in [6, 6.07) is 79.7. The van der Waals surface area contributed by atoms with Crippen LogP contribution in [-0.4, -0.2) is 24.1 Å². The molecule has 69 heavy (non-hydrogen) atoms. The van der Waals surface area contributed by atoms with E-state index in [1.807, 2.05) is 18.2 Å². The van der Waals surface area contributed by atoms with Crippen molar-refractivity contribution in [2.45, 2.75) is 0 Å². The predicted octanol–water partition coefficient (Wildman–Crippen LogP) is 16.4. The molecule has 0 saturated carbocycles. The fourth-order valence-corrected chi connectivity index (χ4v) is 11.0. The first-order chi connectivity index (χ1) is 34.2. The van der Waals surface area contributed by atoms with Gasteiger partial charge >= 0.3 is 0 Å². The van der Waals surface area contributed by atoms with Gasteiger partial charge in [-0.15, -0.1) is 0 Å². The molecule has 0 aliphatic rings. The lowest BCUT2D eigenvalue weighted by atomic mass is 10.0. The van der Waals surface area contributed by atoms with Gasteiger partial charge in [0.05, 0.1) is 27.8 Å². The van der Waals surface area contributed by atoms with Crippen molar-refractivity contribution in [1.29, 1.82) is 0 Å². The molecule has 15 aromatic rings. The quantitative estimate of drug-likeness (QED) is 0.173. The van der Waals surface area contributed by atoms with Crippen molar-refractivity contribution < 1.29 is 4.42 Å². The number of benzene rings is 11. The van der Waals surface area contributed by atoms with E-state index in [9.17, 15) is 0 Å². The smallest absolute Gasteiger partial charge is 0.164 e. The highest BCUT2D eigenvalue weighted by molar-refractivity contribution is 6.26. The molecule has 15 rings (SSSR count). The van der Waals surface area contributed by atoms with E-state index in [4.69, 9.17) is 19.4 Å². The highest BCUT2D eigenvalue weighted by Crippen LogP contribution is 2.44. The number of hydrogen-bond donors (Lipinski definition) is 0. The van der Waals surface area contributed by atoms with Crippen LogP contribution in [0, 0.1) is 0 Å². The standard InChI is InChI=1S/C63H37N5O/c1-3-16-39(17-4-1)61-64-62(42-28-30-53-49(34-42)47-24-13-14-26-52(47)67(53)44-20-5-2-6-21-44)66-63(65-61)43-29-32-57-51(35-43)60-48-25-12-11-23-46(48)56(37-58(60)69-57)68-54-31-27-38-15-9-10-22-45(38)59(54)50-33-40-18-7-8-19-41(40)36-55(50)68/h1-37H. The van der Waals surface area contributed by atoms with E-state index in [0.29, 0.717) is 17.5 Å². The Balaban J connectivity index is 0.937. The first-order valence-electron chi connectivity index (χ1n) is 23.3. The number of nitrogens with zero attached hydrogens (tertiary/aromatic N) is 5. The zero-order chi connectivity index (χ0) is 45.2. The van der Waals surface area contributed by atoms with Crippen molar-refractivity contribution in [2.75, 3.05) is 0 Å². The Morgan fingerprint density at radius 1 is 0.290 bits per heavy atom. The first-order valence-corrected chi connectivity index (χ1v) is 23.3. The number of furan rings is 1. The molecule has 0 unspecified atom stereocenters. The number of hydrogen-bond acceptors (Lipinski definition) is 4. The van der Waals surface area contributed by atoms with Crippen molar-refractivity contribution >= 4 is 97.9 Å². The van der Waals surface area contributed by atoms with E-state index >= 15 is 0 Å². The molecule has 320 valence electrons. The van der Waals surface area contributed by atoms with Crippen molar-refractivity contribution in [3.63, 3.8) is 0 Å². The van der Waals surface area contributed by atoms with Gasteiger partial charge in [-0.3, -0.25) is 0 Å². The summed E-state index contributed by atoms with van der Waals surface area (Å²) in [5.41, 5.74) is 11.1. The zero-order valence-corrected chi connectivity index (χ0v) is 37.0. The largest absolute Gasteiger partial charge is 0.456 e. The molecule has 4 aromatic heterocycles. The van der Waals surface area contributed by atoms with Crippen LogP contribution >= 0.6 is 0 Å². The van der Waals surface area contributed by atoms with Gasteiger partial charge in [-0.25, -0.2) is 15.0 Å². The molecule has 11 aromatic carbocycles. The van der Waals surface area contributed by atoms with Gasteiger partial charge in [0.15, 0.2) is 17.5 Å².